The predicted octanol–water partition coefficient (Wildman–Crippen LogP) is 1.81. The summed E-state index contributed by atoms with van der Waals surface area (Å²) in [7, 11) is 0. The number of carbonyl (C=O) groups excluding carboxylic acids is 2. The van der Waals surface area contributed by atoms with Gasteiger partial charge in [-0.1, -0.05) is 38.1 Å². The van der Waals surface area contributed by atoms with Crippen LogP contribution in [0, 0.1) is 0 Å². The minimum Gasteiger partial charge on any atom is -0.370 e. The molecule has 0 aliphatic rings. The van der Waals surface area contributed by atoms with E-state index >= 15 is 0 Å². The fraction of sp³-hybridized carbons (Fsp3) is 0.333. The monoisotopic (exact) mass is 260 g/mol. The number of hydrogen-bond donors (Lipinski definition) is 2. The second-order valence-electron chi connectivity index (χ2n) is 4.66. The first-order valence-electron chi connectivity index (χ1n) is 6.33. The normalized spacial score (nSPS) is 10.9. The fourth-order valence-corrected chi connectivity index (χ4v) is 1.53. The van der Waals surface area contributed by atoms with E-state index in [1.807, 2.05) is 12.1 Å². The molecule has 0 bridgehead atoms. The standard InChI is InChI=1S/C15H20N2O2/c1-11(2)13-6-3-12(4-7-13)5-8-15(19)17-10-9-14(16)18/h3-8,11H,9-10H2,1-2H3,(H2,16,18)(H,17,19)/b8-5+. The van der Waals surface area contributed by atoms with Crippen LogP contribution in [0.15, 0.2) is 30.3 Å². The Kier molecular flexibility index (Phi) is 5.79. The molecule has 0 radical (unpaired) electrons. The van der Waals surface area contributed by atoms with Gasteiger partial charge in [0.1, 0.15) is 0 Å². The molecule has 0 aromatic heterocycles. The molecule has 0 spiro atoms. The maximum absolute atomic E-state index is 11.4. The Morgan fingerprint density at radius 1 is 1.26 bits per heavy atom. The number of carbonyl (C=O) groups is 2. The smallest absolute Gasteiger partial charge is 0.244 e. The van der Waals surface area contributed by atoms with Crippen molar-refractivity contribution in [1.29, 1.82) is 0 Å². The number of primary amides is 1. The second-order valence-corrected chi connectivity index (χ2v) is 4.66. The van der Waals surface area contributed by atoms with Crippen LogP contribution in [0.1, 0.15) is 37.3 Å². The Balaban J connectivity index is 2.47. The summed E-state index contributed by atoms with van der Waals surface area (Å²) >= 11 is 0. The molecular weight excluding hydrogens is 240 g/mol. The molecule has 0 aliphatic carbocycles. The van der Waals surface area contributed by atoms with E-state index in [1.165, 1.54) is 11.6 Å². The number of hydrogen-bond acceptors (Lipinski definition) is 2. The van der Waals surface area contributed by atoms with Gasteiger partial charge in [-0.15, -0.1) is 0 Å². The highest BCUT2D eigenvalue weighted by Crippen LogP contribution is 2.15. The van der Waals surface area contributed by atoms with Crippen molar-refractivity contribution < 1.29 is 9.59 Å². The van der Waals surface area contributed by atoms with Crippen molar-refractivity contribution in [3.05, 3.63) is 41.5 Å². The van der Waals surface area contributed by atoms with Crippen LogP contribution in [0.2, 0.25) is 0 Å². The zero-order valence-electron chi connectivity index (χ0n) is 11.3. The molecule has 4 heteroatoms. The Labute approximate surface area is 113 Å². The van der Waals surface area contributed by atoms with Crippen LogP contribution in [-0.4, -0.2) is 18.4 Å². The largest absolute Gasteiger partial charge is 0.370 e. The SMILES string of the molecule is CC(C)c1ccc(/C=C/C(=O)NCCC(N)=O)cc1. The van der Waals surface area contributed by atoms with Crippen molar-refractivity contribution in [1.82, 2.24) is 5.32 Å². The highest BCUT2D eigenvalue weighted by molar-refractivity contribution is 5.91. The summed E-state index contributed by atoms with van der Waals surface area (Å²) in [6, 6.07) is 8.05. The number of amides is 2. The summed E-state index contributed by atoms with van der Waals surface area (Å²) in [5.41, 5.74) is 7.21. The molecule has 1 aromatic carbocycles. The number of rotatable bonds is 6. The van der Waals surface area contributed by atoms with Gasteiger partial charge >= 0.3 is 0 Å². The van der Waals surface area contributed by atoms with Gasteiger partial charge in [-0.05, 0) is 23.1 Å². The third-order valence-electron chi connectivity index (χ3n) is 2.70. The van der Waals surface area contributed by atoms with Crippen molar-refractivity contribution in [2.45, 2.75) is 26.2 Å². The maximum atomic E-state index is 11.4. The first-order chi connectivity index (χ1) is 8.99. The summed E-state index contributed by atoms with van der Waals surface area (Å²) in [6.45, 7) is 4.54. The molecule has 1 rings (SSSR count). The van der Waals surface area contributed by atoms with Crippen molar-refractivity contribution in [3.63, 3.8) is 0 Å². The third-order valence-corrected chi connectivity index (χ3v) is 2.70. The van der Waals surface area contributed by atoms with Gasteiger partial charge in [0, 0.05) is 19.0 Å². The van der Waals surface area contributed by atoms with Crippen molar-refractivity contribution in [3.8, 4) is 0 Å². The van der Waals surface area contributed by atoms with E-state index in [-0.39, 0.29) is 18.9 Å². The van der Waals surface area contributed by atoms with Crippen LogP contribution < -0.4 is 11.1 Å². The molecule has 0 saturated heterocycles. The Morgan fingerprint density at radius 2 is 1.89 bits per heavy atom. The first kappa shape index (κ1) is 15.0. The quantitative estimate of drug-likeness (QED) is 0.766. The molecular formula is C15H20N2O2. The molecule has 0 saturated carbocycles. The van der Waals surface area contributed by atoms with Crippen LogP contribution in [0.5, 0.6) is 0 Å². The fourth-order valence-electron chi connectivity index (χ4n) is 1.53. The molecule has 102 valence electrons. The highest BCUT2D eigenvalue weighted by atomic mass is 16.2. The number of nitrogens with one attached hydrogen (secondary N) is 1. The maximum Gasteiger partial charge on any atom is 0.244 e. The van der Waals surface area contributed by atoms with Gasteiger partial charge in [0.05, 0.1) is 0 Å². The highest BCUT2D eigenvalue weighted by Gasteiger charge is 1.99. The molecule has 2 amide bonds. The topological polar surface area (TPSA) is 72.2 Å². The van der Waals surface area contributed by atoms with Gasteiger partial charge in [0.15, 0.2) is 0 Å². The van der Waals surface area contributed by atoms with Crippen LogP contribution in [-0.2, 0) is 9.59 Å². The summed E-state index contributed by atoms with van der Waals surface area (Å²) in [5, 5.41) is 2.59. The zero-order valence-corrected chi connectivity index (χ0v) is 11.3. The molecule has 19 heavy (non-hydrogen) atoms. The summed E-state index contributed by atoms with van der Waals surface area (Å²) in [5.74, 6) is -0.155. The van der Waals surface area contributed by atoms with Crippen LogP contribution >= 0.6 is 0 Å². The van der Waals surface area contributed by atoms with E-state index in [0.717, 1.165) is 5.56 Å². The van der Waals surface area contributed by atoms with Crippen molar-refractivity contribution in [2.75, 3.05) is 6.54 Å². The van der Waals surface area contributed by atoms with E-state index in [9.17, 15) is 9.59 Å². The van der Waals surface area contributed by atoms with E-state index in [0.29, 0.717) is 5.92 Å². The lowest BCUT2D eigenvalue weighted by Crippen LogP contribution is -2.26. The van der Waals surface area contributed by atoms with Crippen LogP contribution in [0.3, 0.4) is 0 Å². The molecule has 0 fully saturated rings. The average Bonchev–Trinajstić information content (AvgIpc) is 2.36. The van der Waals surface area contributed by atoms with Crippen molar-refractivity contribution in [2.24, 2.45) is 5.73 Å². The van der Waals surface area contributed by atoms with Crippen molar-refractivity contribution >= 4 is 17.9 Å². The van der Waals surface area contributed by atoms with Gasteiger partial charge in [0.2, 0.25) is 11.8 Å². The minimum atomic E-state index is -0.423. The zero-order chi connectivity index (χ0) is 14.3. The Bertz CT molecular complexity index is 462. The van der Waals surface area contributed by atoms with Gasteiger partial charge in [-0.2, -0.15) is 0 Å². The second kappa shape index (κ2) is 7.36. The molecule has 4 nitrogen and oxygen atoms in total. The predicted molar refractivity (Wildman–Crippen MR) is 76.4 cm³/mol. The number of nitrogens with two attached hydrogens (primary N) is 1. The number of benzene rings is 1. The lowest BCUT2D eigenvalue weighted by Gasteiger charge is -2.04. The van der Waals surface area contributed by atoms with E-state index in [4.69, 9.17) is 5.73 Å². The molecule has 1 aromatic rings. The average molecular weight is 260 g/mol. The lowest BCUT2D eigenvalue weighted by atomic mass is 10.0. The van der Waals surface area contributed by atoms with Gasteiger partial charge in [-0.3, -0.25) is 9.59 Å². The van der Waals surface area contributed by atoms with Gasteiger partial charge < -0.3 is 11.1 Å². The molecule has 0 aliphatic heterocycles. The third kappa shape index (κ3) is 5.86. The summed E-state index contributed by atoms with van der Waals surface area (Å²) < 4.78 is 0. The van der Waals surface area contributed by atoms with Gasteiger partial charge in [0.25, 0.3) is 0 Å². The van der Waals surface area contributed by atoms with Crippen LogP contribution in [0.4, 0.5) is 0 Å². The van der Waals surface area contributed by atoms with E-state index in [1.54, 1.807) is 6.08 Å². The summed E-state index contributed by atoms with van der Waals surface area (Å²) in [4.78, 5) is 21.9. The Hall–Kier alpha value is -2.10. The van der Waals surface area contributed by atoms with Gasteiger partial charge in [-0.25, -0.2) is 0 Å². The minimum absolute atomic E-state index is 0.155. The summed E-state index contributed by atoms with van der Waals surface area (Å²) in [6.07, 6.45) is 3.34. The molecule has 3 N–H and O–H groups in total. The lowest BCUT2D eigenvalue weighted by molar-refractivity contribution is -0.118. The molecule has 0 atom stereocenters. The molecule has 0 heterocycles. The van der Waals surface area contributed by atoms with E-state index < -0.39 is 5.91 Å². The van der Waals surface area contributed by atoms with E-state index in [2.05, 4.69) is 31.3 Å². The van der Waals surface area contributed by atoms with Crippen LogP contribution in [0.25, 0.3) is 6.08 Å². The first-order valence-corrected chi connectivity index (χ1v) is 6.33. The molecule has 0 unspecified atom stereocenters. The Morgan fingerprint density at radius 3 is 2.42 bits per heavy atom.